The first-order chi connectivity index (χ1) is 14.7. The molecule has 1 fully saturated rings. The van der Waals surface area contributed by atoms with Crippen molar-refractivity contribution in [2.24, 2.45) is 5.92 Å². The van der Waals surface area contributed by atoms with Crippen molar-refractivity contribution in [2.75, 3.05) is 19.8 Å². The van der Waals surface area contributed by atoms with Gasteiger partial charge in [-0.15, -0.1) is 11.3 Å². The van der Waals surface area contributed by atoms with Gasteiger partial charge in [-0.05, 0) is 44.6 Å². The number of halogens is 3. The molecule has 0 aromatic carbocycles. The second kappa shape index (κ2) is 10.1. The minimum atomic E-state index is -5.08. The van der Waals surface area contributed by atoms with E-state index in [1.54, 1.807) is 11.3 Å². The average molecular weight is 461 g/mol. The van der Waals surface area contributed by atoms with Gasteiger partial charge >= 0.3 is 12.1 Å². The zero-order valence-corrected chi connectivity index (χ0v) is 18.4. The number of hydrogen-bond acceptors (Lipinski definition) is 6. The Morgan fingerprint density at radius 2 is 2.10 bits per heavy atom. The summed E-state index contributed by atoms with van der Waals surface area (Å²) in [5.41, 5.74) is 5.92. The number of thiazole rings is 1. The molecular weight excluding hydrogens is 433 g/mol. The van der Waals surface area contributed by atoms with Gasteiger partial charge in [0.25, 0.3) is 0 Å². The number of carboxylic acid groups (broad SMARTS) is 1. The van der Waals surface area contributed by atoms with Crippen LogP contribution in [0, 0.1) is 12.8 Å². The molecular formula is C20H27F3N4O3S. The molecule has 1 unspecified atom stereocenters. The first kappa shape index (κ1) is 23.7. The number of fused-ring (bicyclic) bond motifs is 1. The van der Waals surface area contributed by atoms with Gasteiger partial charge < -0.3 is 9.84 Å². The zero-order valence-electron chi connectivity index (χ0n) is 17.6. The highest BCUT2D eigenvalue weighted by Gasteiger charge is 2.38. The highest BCUT2D eigenvalue weighted by Crippen LogP contribution is 2.36. The molecule has 0 amide bonds. The third kappa shape index (κ3) is 6.27. The lowest BCUT2D eigenvalue weighted by Gasteiger charge is -2.36. The van der Waals surface area contributed by atoms with Crippen LogP contribution < -0.4 is 0 Å². The summed E-state index contributed by atoms with van der Waals surface area (Å²) < 4.78 is 39.9. The Labute approximate surface area is 182 Å². The Morgan fingerprint density at radius 3 is 2.65 bits per heavy atom. The number of nitrogens with zero attached hydrogens (tertiary/aromatic N) is 4. The van der Waals surface area contributed by atoms with Gasteiger partial charge in [0.2, 0.25) is 0 Å². The van der Waals surface area contributed by atoms with E-state index in [2.05, 4.69) is 34.6 Å². The standard InChI is InChI=1S/C18H26N4OS.C2HF3O2/c1-3-23-11-16-18-15(8-20-22(18)9-14-4-5-14)6-7-21(16)10-17-13(2)19-12-24-17;3-2(4,5)1(6)7/h8,12,14,16H,3-7,9-11H2,1-2H3;(H,6,7). The fourth-order valence-electron chi connectivity index (χ4n) is 3.56. The number of aliphatic carboxylic acids is 1. The van der Waals surface area contributed by atoms with Crippen LogP contribution >= 0.6 is 11.3 Å². The molecule has 4 rings (SSSR count). The van der Waals surface area contributed by atoms with Crippen LogP contribution in [0.15, 0.2) is 11.7 Å². The van der Waals surface area contributed by atoms with Gasteiger partial charge in [-0.25, -0.2) is 9.78 Å². The van der Waals surface area contributed by atoms with Crippen molar-refractivity contribution in [2.45, 2.75) is 58.4 Å². The molecule has 0 radical (unpaired) electrons. The summed E-state index contributed by atoms with van der Waals surface area (Å²) >= 11 is 1.76. The quantitative estimate of drug-likeness (QED) is 0.677. The lowest BCUT2D eigenvalue weighted by atomic mass is 9.99. The van der Waals surface area contributed by atoms with E-state index < -0.39 is 12.1 Å². The molecule has 1 saturated carbocycles. The summed E-state index contributed by atoms with van der Waals surface area (Å²) in [6, 6.07) is 0.302. The third-order valence-corrected chi connectivity index (χ3v) is 6.35. The number of hydrogen-bond donors (Lipinski definition) is 1. The largest absolute Gasteiger partial charge is 0.490 e. The second-order valence-electron chi connectivity index (χ2n) is 7.74. The summed E-state index contributed by atoms with van der Waals surface area (Å²) in [5, 5.41) is 11.8. The smallest absolute Gasteiger partial charge is 0.475 e. The van der Waals surface area contributed by atoms with Crippen molar-refractivity contribution in [3.8, 4) is 0 Å². The van der Waals surface area contributed by atoms with Crippen molar-refractivity contribution in [3.05, 3.63) is 33.5 Å². The molecule has 1 aliphatic heterocycles. The van der Waals surface area contributed by atoms with E-state index in [4.69, 9.17) is 19.7 Å². The topological polar surface area (TPSA) is 80.5 Å². The maximum Gasteiger partial charge on any atom is 0.490 e. The molecule has 2 aromatic heterocycles. The van der Waals surface area contributed by atoms with Crippen molar-refractivity contribution < 1.29 is 27.8 Å². The molecule has 1 atom stereocenters. The normalized spacial score (nSPS) is 18.9. The maximum atomic E-state index is 10.6. The molecule has 1 aliphatic carbocycles. The van der Waals surface area contributed by atoms with E-state index in [1.165, 1.54) is 29.0 Å². The molecule has 3 heterocycles. The van der Waals surface area contributed by atoms with E-state index in [-0.39, 0.29) is 0 Å². The van der Waals surface area contributed by atoms with Gasteiger partial charge in [-0.2, -0.15) is 18.3 Å². The average Bonchev–Trinajstić information content (AvgIpc) is 3.30. The van der Waals surface area contributed by atoms with Gasteiger partial charge in [-0.3, -0.25) is 9.58 Å². The Morgan fingerprint density at radius 1 is 1.39 bits per heavy atom. The SMILES string of the molecule is CCOCC1c2c(cnn2CC2CC2)CCN1Cc1scnc1C.O=C(O)C(F)(F)F. The number of carbonyl (C=O) groups is 1. The van der Waals surface area contributed by atoms with Gasteiger partial charge in [0.1, 0.15) is 0 Å². The van der Waals surface area contributed by atoms with Crippen LogP contribution in [0.3, 0.4) is 0 Å². The Hall–Kier alpha value is -1.98. The van der Waals surface area contributed by atoms with Crippen molar-refractivity contribution in [1.82, 2.24) is 19.7 Å². The highest BCUT2D eigenvalue weighted by atomic mass is 32.1. The summed E-state index contributed by atoms with van der Waals surface area (Å²) in [6.07, 6.45) is 0.801. The molecule has 11 heteroatoms. The van der Waals surface area contributed by atoms with Crippen LogP contribution in [0.2, 0.25) is 0 Å². The molecule has 7 nitrogen and oxygen atoms in total. The predicted octanol–water partition coefficient (Wildman–Crippen LogP) is 3.83. The van der Waals surface area contributed by atoms with E-state index in [0.717, 1.165) is 50.9 Å². The second-order valence-corrected chi connectivity index (χ2v) is 8.68. The summed E-state index contributed by atoms with van der Waals surface area (Å²) in [7, 11) is 0. The molecule has 0 saturated heterocycles. The van der Waals surface area contributed by atoms with Crippen LogP contribution in [0.1, 0.15) is 47.6 Å². The van der Waals surface area contributed by atoms with Gasteiger partial charge in [0.15, 0.2) is 0 Å². The van der Waals surface area contributed by atoms with Crippen molar-refractivity contribution in [1.29, 1.82) is 0 Å². The first-order valence-electron chi connectivity index (χ1n) is 10.3. The maximum absolute atomic E-state index is 10.6. The van der Waals surface area contributed by atoms with E-state index in [9.17, 15) is 13.2 Å². The van der Waals surface area contributed by atoms with Gasteiger partial charge in [0, 0.05) is 31.1 Å². The highest BCUT2D eigenvalue weighted by molar-refractivity contribution is 7.09. The Bertz CT molecular complexity index is 879. The number of rotatable bonds is 7. The molecule has 2 aliphatic rings. The molecule has 1 N–H and O–H groups in total. The summed E-state index contributed by atoms with van der Waals surface area (Å²) in [4.78, 5) is 17.2. The van der Waals surface area contributed by atoms with Crippen LogP contribution in [0.5, 0.6) is 0 Å². The molecule has 0 spiro atoms. The lowest BCUT2D eigenvalue weighted by Crippen LogP contribution is -2.38. The molecule has 2 aromatic rings. The summed E-state index contributed by atoms with van der Waals surface area (Å²) in [5.74, 6) is -1.92. The summed E-state index contributed by atoms with van der Waals surface area (Å²) in [6.45, 7) is 8.79. The predicted molar refractivity (Wildman–Crippen MR) is 109 cm³/mol. The fraction of sp³-hybridized carbons (Fsp3) is 0.650. The van der Waals surface area contributed by atoms with Crippen LogP contribution in [0.4, 0.5) is 13.2 Å². The Kier molecular flexibility index (Phi) is 7.71. The molecule has 31 heavy (non-hydrogen) atoms. The number of aromatic nitrogens is 3. The fourth-order valence-corrected chi connectivity index (χ4v) is 4.36. The third-order valence-electron chi connectivity index (χ3n) is 5.43. The zero-order chi connectivity index (χ0) is 22.6. The monoisotopic (exact) mass is 460 g/mol. The lowest BCUT2D eigenvalue weighted by molar-refractivity contribution is -0.192. The van der Waals surface area contributed by atoms with E-state index in [0.29, 0.717) is 6.04 Å². The minimum absolute atomic E-state index is 0.302. The van der Waals surface area contributed by atoms with Gasteiger partial charge in [0.05, 0.1) is 35.7 Å². The minimum Gasteiger partial charge on any atom is -0.475 e. The molecule has 172 valence electrons. The number of ether oxygens (including phenoxy) is 1. The first-order valence-corrected chi connectivity index (χ1v) is 11.1. The number of alkyl halides is 3. The van der Waals surface area contributed by atoms with E-state index >= 15 is 0 Å². The number of carboxylic acids is 1. The van der Waals surface area contributed by atoms with Gasteiger partial charge in [-0.1, -0.05) is 0 Å². The van der Waals surface area contributed by atoms with Crippen LogP contribution in [-0.2, 0) is 29.0 Å². The van der Waals surface area contributed by atoms with Crippen LogP contribution in [-0.4, -0.2) is 56.7 Å². The Balaban J connectivity index is 0.000000339. The number of aryl methyl sites for hydroxylation is 1. The van der Waals surface area contributed by atoms with Crippen molar-refractivity contribution >= 4 is 17.3 Å². The van der Waals surface area contributed by atoms with Crippen molar-refractivity contribution in [3.63, 3.8) is 0 Å². The molecule has 0 bridgehead atoms. The van der Waals surface area contributed by atoms with Crippen LogP contribution in [0.25, 0.3) is 0 Å². The van der Waals surface area contributed by atoms with E-state index in [1.807, 2.05) is 5.51 Å².